The fourth-order valence-corrected chi connectivity index (χ4v) is 2.77. The average molecular weight is 341 g/mol. The summed E-state index contributed by atoms with van der Waals surface area (Å²) >= 11 is 5.73. The number of ether oxygens (including phenoxy) is 1. The van der Waals surface area contributed by atoms with Crippen LogP contribution in [0.4, 0.5) is 5.69 Å². The number of hydrogen-bond donors (Lipinski definition) is 1. The highest BCUT2D eigenvalue weighted by Crippen LogP contribution is 2.20. The molecule has 0 unspecified atom stereocenters. The normalized spacial score (nSPS) is 11.0. The number of hydrogen-bond acceptors (Lipinski definition) is 5. The van der Waals surface area contributed by atoms with E-state index in [9.17, 15) is 18.3 Å². The number of aliphatic carboxylic acids is 1. The van der Waals surface area contributed by atoms with Crippen molar-refractivity contribution in [2.24, 2.45) is 0 Å². The van der Waals surface area contributed by atoms with Gasteiger partial charge in [0.05, 0.1) is 10.9 Å². The second kappa shape index (κ2) is 6.67. The maximum Gasteiger partial charge on any atom is 0.261 e. The topological polar surface area (TPSA) is 95.5 Å². The van der Waals surface area contributed by atoms with Gasteiger partial charge >= 0.3 is 0 Å². The van der Waals surface area contributed by atoms with Crippen LogP contribution in [0.1, 0.15) is 0 Å². The van der Waals surface area contributed by atoms with Gasteiger partial charge in [-0.05, 0) is 48.5 Å². The molecule has 0 fully saturated rings. The molecular weight excluding hydrogens is 330 g/mol. The lowest BCUT2D eigenvalue weighted by Crippen LogP contribution is -2.28. The number of carbonyl (C=O) groups excluding carboxylic acids is 1. The van der Waals surface area contributed by atoms with E-state index in [2.05, 4.69) is 4.72 Å². The van der Waals surface area contributed by atoms with E-state index >= 15 is 0 Å². The molecule has 0 aliphatic carbocycles. The Bertz CT molecular complexity index is 757. The van der Waals surface area contributed by atoms with Gasteiger partial charge in [-0.3, -0.25) is 4.72 Å². The minimum absolute atomic E-state index is 0.0169. The first-order valence-corrected chi connectivity index (χ1v) is 7.94. The van der Waals surface area contributed by atoms with Crippen molar-refractivity contribution in [2.45, 2.75) is 4.90 Å². The fourth-order valence-electron chi connectivity index (χ4n) is 1.59. The standard InChI is InChI=1S/C14H12ClNO5S/c15-10-1-3-11(4-2-10)16-22(19,20)13-7-5-12(6-8-13)21-9-14(17)18/h1-8,16H,9H2,(H,17,18)/p-1. The molecule has 0 saturated carbocycles. The minimum atomic E-state index is -3.75. The van der Waals surface area contributed by atoms with Crippen LogP contribution in [0.15, 0.2) is 53.4 Å². The first-order chi connectivity index (χ1) is 10.4. The van der Waals surface area contributed by atoms with Crippen molar-refractivity contribution in [3.05, 3.63) is 53.6 Å². The van der Waals surface area contributed by atoms with E-state index in [0.717, 1.165) is 0 Å². The Morgan fingerprint density at radius 2 is 1.68 bits per heavy atom. The zero-order valence-corrected chi connectivity index (χ0v) is 12.7. The van der Waals surface area contributed by atoms with Crippen molar-refractivity contribution >= 4 is 33.3 Å². The molecular formula is C14H11ClNO5S-. The molecule has 116 valence electrons. The summed E-state index contributed by atoms with van der Waals surface area (Å²) in [5.41, 5.74) is 0.377. The summed E-state index contributed by atoms with van der Waals surface area (Å²) in [7, 11) is -3.75. The van der Waals surface area contributed by atoms with Crippen LogP contribution in [-0.2, 0) is 14.8 Å². The largest absolute Gasteiger partial charge is 0.546 e. The summed E-state index contributed by atoms with van der Waals surface area (Å²) in [4.78, 5) is 10.3. The second-order valence-electron chi connectivity index (χ2n) is 4.24. The Morgan fingerprint density at radius 1 is 1.09 bits per heavy atom. The number of halogens is 1. The van der Waals surface area contributed by atoms with E-state index in [1.54, 1.807) is 12.1 Å². The molecule has 0 amide bonds. The van der Waals surface area contributed by atoms with Gasteiger partial charge in [0.15, 0.2) is 0 Å². The van der Waals surface area contributed by atoms with Crippen molar-refractivity contribution in [3.63, 3.8) is 0 Å². The van der Waals surface area contributed by atoms with Gasteiger partial charge in [-0.25, -0.2) is 8.42 Å². The van der Waals surface area contributed by atoms with E-state index < -0.39 is 22.6 Å². The SMILES string of the molecule is O=C([O-])COc1ccc(S(=O)(=O)Nc2ccc(Cl)cc2)cc1. The quantitative estimate of drug-likeness (QED) is 0.854. The minimum Gasteiger partial charge on any atom is -0.546 e. The Balaban J connectivity index is 2.12. The Morgan fingerprint density at radius 3 is 2.23 bits per heavy atom. The smallest absolute Gasteiger partial charge is 0.261 e. The molecule has 0 spiro atoms. The second-order valence-corrected chi connectivity index (χ2v) is 6.36. The molecule has 6 nitrogen and oxygen atoms in total. The van der Waals surface area contributed by atoms with Gasteiger partial charge in [0.2, 0.25) is 0 Å². The molecule has 0 atom stereocenters. The Labute approximate surface area is 132 Å². The summed E-state index contributed by atoms with van der Waals surface area (Å²) in [6, 6.07) is 11.5. The third kappa shape index (κ3) is 4.37. The van der Waals surface area contributed by atoms with Crippen LogP contribution in [0.3, 0.4) is 0 Å². The van der Waals surface area contributed by atoms with Gasteiger partial charge in [0, 0.05) is 10.7 Å². The molecule has 0 radical (unpaired) electrons. The van der Waals surface area contributed by atoms with Gasteiger partial charge in [-0.1, -0.05) is 11.6 Å². The number of benzene rings is 2. The zero-order valence-electron chi connectivity index (χ0n) is 11.2. The van der Waals surface area contributed by atoms with Crippen molar-refractivity contribution < 1.29 is 23.1 Å². The maximum atomic E-state index is 12.2. The summed E-state index contributed by atoms with van der Waals surface area (Å²) in [6.07, 6.45) is 0. The predicted molar refractivity (Wildman–Crippen MR) is 79.2 cm³/mol. The molecule has 0 aliphatic heterocycles. The van der Waals surface area contributed by atoms with Gasteiger partial charge < -0.3 is 14.6 Å². The molecule has 0 heterocycles. The Hall–Kier alpha value is -2.25. The summed E-state index contributed by atoms with van der Waals surface area (Å²) in [5, 5.41) is 10.8. The fraction of sp³-hybridized carbons (Fsp3) is 0.0714. The van der Waals surface area contributed by atoms with E-state index in [1.165, 1.54) is 36.4 Å². The van der Waals surface area contributed by atoms with Crippen LogP contribution < -0.4 is 14.6 Å². The van der Waals surface area contributed by atoms with Crippen LogP contribution in [0.25, 0.3) is 0 Å². The number of carboxylic acids is 1. The Kier molecular flexibility index (Phi) is 4.89. The average Bonchev–Trinajstić information content (AvgIpc) is 2.48. The first-order valence-electron chi connectivity index (χ1n) is 6.08. The number of carbonyl (C=O) groups is 1. The van der Waals surface area contributed by atoms with E-state index in [-0.39, 0.29) is 10.6 Å². The molecule has 2 aromatic rings. The van der Waals surface area contributed by atoms with Crippen molar-refractivity contribution in [1.82, 2.24) is 0 Å². The van der Waals surface area contributed by atoms with E-state index in [4.69, 9.17) is 16.3 Å². The van der Waals surface area contributed by atoms with Crippen molar-refractivity contribution in [1.29, 1.82) is 0 Å². The van der Waals surface area contributed by atoms with Crippen LogP contribution >= 0.6 is 11.6 Å². The van der Waals surface area contributed by atoms with Gasteiger partial charge in [-0.15, -0.1) is 0 Å². The van der Waals surface area contributed by atoms with Crippen LogP contribution in [0.2, 0.25) is 5.02 Å². The molecule has 8 heteroatoms. The third-order valence-corrected chi connectivity index (χ3v) is 4.24. The van der Waals surface area contributed by atoms with Gasteiger partial charge in [-0.2, -0.15) is 0 Å². The number of sulfonamides is 1. The highest BCUT2D eigenvalue weighted by atomic mass is 35.5. The highest BCUT2D eigenvalue weighted by Gasteiger charge is 2.14. The van der Waals surface area contributed by atoms with Gasteiger partial charge in [0.25, 0.3) is 10.0 Å². The predicted octanol–water partition coefficient (Wildman–Crippen LogP) is 1.27. The highest BCUT2D eigenvalue weighted by molar-refractivity contribution is 7.92. The molecule has 0 saturated heterocycles. The number of rotatable bonds is 6. The summed E-state index contributed by atoms with van der Waals surface area (Å²) < 4.78 is 31.6. The summed E-state index contributed by atoms with van der Waals surface area (Å²) in [6.45, 7) is -0.602. The van der Waals surface area contributed by atoms with Crippen LogP contribution in [-0.4, -0.2) is 21.0 Å². The number of anilines is 1. The lowest BCUT2D eigenvalue weighted by Gasteiger charge is -2.10. The molecule has 0 aliphatic rings. The number of nitrogens with one attached hydrogen (secondary N) is 1. The van der Waals surface area contributed by atoms with Crippen LogP contribution in [0.5, 0.6) is 5.75 Å². The van der Waals surface area contributed by atoms with Crippen LogP contribution in [0, 0.1) is 0 Å². The zero-order chi connectivity index (χ0) is 16.2. The lowest BCUT2D eigenvalue weighted by atomic mass is 10.3. The van der Waals surface area contributed by atoms with Crippen molar-refractivity contribution in [2.75, 3.05) is 11.3 Å². The summed E-state index contributed by atoms with van der Waals surface area (Å²) in [5.74, 6) is -1.13. The number of carboxylic acid groups (broad SMARTS) is 1. The molecule has 22 heavy (non-hydrogen) atoms. The molecule has 0 aromatic heterocycles. The monoisotopic (exact) mass is 340 g/mol. The van der Waals surface area contributed by atoms with Gasteiger partial charge in [0.1, 0.15) is 12.4 Å². The molecule has 2 rings (SSSR count). The van der Waals surface area contributed by atoms with Crippen molar-refractivity contribution in [3.8, 4) is 5.75 Å². The molecule has 0 bridgehead atoms. The van der Waals surface area contributed by atoms with E-state index in [0.29, 0.717) is 10.7 Å². The first kappa shape index (κ1) is 16.1. The third-order valence-electron chi connectivity index (χ3n) is 2.59. The maximum absolute atomic E-state index is 12.2. The van der Waals surface area contributed by atoms with E-state index in [1.807, 2.05) is 0 Å². The lowest BCUT2D eigenvalue weighted by molar-refractivity contribution is -0.307. The molecule has 2 aromatic carbocycles. The molecule has 1 N–H and O–H groups in total.